The zero-order chi connectivity index (χ0) is 16.0. The fourth-order valence-corrected chi connectivity index (χ4v) is 1.79. The maximum Gasteiger partial charge on any atom is 0.222 e. The van der Waals surface area contributed by atoms with Gasteiger partial charge in [0.25, 0.3) is 0 Å². The Morgan fingerprint density at radius 2 is 1.86 bits per heavy atom. The SMILES string of the molecule is CCNc1nc(C(C)(C)C)nc(OC(C)COCC)c1C. The van der Waals surface area contributed by atoms with Crippen LogP contribution in [0.3, 0.4) is 0 Å². The molecular weight excluding hydrogens is 266 g/mol. The molecule has 5 heteroatoms. The number of anilines is 1. The van der Waals surface area contributed by atoms with Crippen LogP contribution in [0.15, 0.2) is 0 Å². The minimum Gasteiger partial charge on any atom is -0.472 e. The minimum absolute atomic E-state index is 0.0409. The lowest BCUT2D eigenvalue weighted by Gasteiger charge is -2.22. The van der Waals surface area contributed by atoms with Crippen LogP contribution in [0, 0.1) is 6.92 Å². The van der Waals surface area contributed by atoms with Gasteiger partial charge in [-0.3, -0.25) is 0 Å². The first-order chi connectivity index (χ1) is 9.79. The predicted octanol–water partition coefficient (Wildman–Crippen LogP) is 3.32. The predicted molar refractivity (Wildman–Crippen MR) is 86.2 cm³/mol. The Hall–Kier alpha value is -1.36. The van der Waals surface area contributed by atoms with E-state index in [4.69, 9.17) is 9.47 Å². The molecule has 1 aromatic rings. The highest BCUT2D eigenvalue weighted by atomic mass is 16.5. The van der Waals surface area contributed by atoms with Crippen molar-refractivity contribution in [2.24, 2.45) is 0 Å². The highest BCUT2D eigenvalue weighted by Crippen LogP contribution is 2.28. The van der Waals surface area contributed by atoms with Gasteiger partial charge in [0.05, 0.1) is 12.2 Å². The van der Waals surface area contributed by atoms with E-state index in [9.17, 15) is 0 Å². The molecule has 1 heterocycles. The molecule has 0 aliphatic carbocycles. The molecule has 0 fully saturated rings. The highest BCUT2D eigenvalue weighted by molar-refractivity contribution is 5.49. The molecule has 0 saturated carbocycles. The molecule has 0 spiro atoms. The summed E-state index contributed by atoms with van der Waals surface area (Å²) < 4.78 is 11.4. The minimum atomic E-state index is -0.126. The van der Waals surface area contributed by atoms with Crippen LogP contribution in [0.2, 0.25) is 0 Å². The monoisotopic (exact) mass is 295 g/mol. The largest absolute Gasteiger partial charge is 0.472 e. The standard InChI is InChI=1S/C16H29N3O2/c1-8-17-13-12(4)14(21-11(3)10-20-9-2)19-15(18-13)16(5,6)7/h11H,8-10H2,1-7H3,(H,17,18,19). The van der Waals surface area contributed by atoms with E-state index in [-0.39, 0.29) is 11.5 Å². The summed E-state index contributed by atoms with van der Waals surface area (Å²) in [6.45, 7) is 16.3. The summed E-state index contributed by atoms with van der Waals surface area (Å²) in [6.07, 6.45) is -0.0409. The van der Waals surface area contributed by atoms with Gasteiger partial charge >= 0.3 is 0 Å². The number of rotatable bonds is 7. The maximum atomic E-state index is 5.95. The van der Waals surface area contributed by atoms with Gasteiger partial charge in [-0.05, 0) is 27.7 Å². The number of aromatic nitrogens is 2. The fourth-order valence-electron chi connectivity index (χ4n) is 1.79. The number of hydrogen-bond acceptors (Lipinski definition) is 5. The van der Waals surface area contributed by atoms with Gasteiger partial charge in [0.15, 0.2) is 0 Å². The van der Waals surface area contributed by atoms with E-state index in [0.29, 0.717) is 19.1 Å². The Kier molecular flexibility index (Phi) is 6.40. The van der Waals surface area contributed by atoms with Crippen molar-refractivity contribution in [1.82, 2.24) is 9.97 Å². The third kappa shape index (κ3) is 5.16. The average Bonchev–Trinajstić information content (AvgIpc) is 2.39. The lowest BCUT2D eigenvalue weighted by atomic mass is 9.95. The third-order valence-electron chi connectivity index (χ3n) is 2.99. The van der Waals surface area contributed by atoms with Crippen molar-refractivity contribution in [3.63, 3.8) is 0 Å². The molecule has 120 valence electrons. The van der Waals surface area contributed by atoms with Crippen LogP contribution in [-0.4, -0.2) is 35.8 Å². The van der Waals surface area contributed by atoms with Crippen LogP contribution < -0.4 is 10.1 Å². The quantitative estimate of drug-likeness (QED) is 0.836. The number of nitrogens with zero attached hydrogens (tertiary/aromatic N) is 2. The Labute approximate surface area is 128 Å². The molecule has 0 amide bonds. The van der Waals surface area contributed by atoms with E-state index >= 15 is 0 Å². The second-order valence-electron chi connectivity index (χ2n) is 6.19. The summed E-state index contributed by atoms with van der Waals surface area (Å²) in [5, 5.41) is 3.28. The molecule has 1 rings (SSSR count). The van der Waals surface area contributed by atoms with E-state index in [1.165, 1.54) is 0 Å². The Morgan fingerprint density at radius 3 is 2.38 bits per heavy atom. The van der Waals surface area contributed by atoms with E-state index in [2.05, 4.69) is 43.0 Å². The second kappa shape index (κ2) is 7.59. The van der Waals surface area contributed by atoms with Gasteiger partial charge in [0.2, 0.25) is 5.88 Å². The first-order valence-electron chi connectivity index (χ1n) is 7.66. The molecule has 0 radical (unpaired) electrons. The van der Waals surface area contributed by atoms with Crippen molar-refractivity contribution in [2.45, 2.75) is 60.0 Å². The molecule has 0 bridgehead atoms. The zero-order valence-electron chi connectivity index (χ0n) is 14.4. The number of hydrogen-bond donors (Lipinski definition) is 1. The van der Waals surface area contributed by atoms with Gasteiger partial charge in [-0.1, -0.05) is 20.8 Å². The van der Waals surface area contributed by atoms with Crippen LogP contribution in [0.1, 0.15) is 52.9 Å². The Balaban J connectivity index is 3.08. The van der Waals surface area contributed by atoms with Crippen LogP contribution in [0.25, 0.3) is 0 Å². The average molecular weight is 295 g/mol. The van der Waals surface area contributed by atoms with Crippen molar-refractivity contribution in [3.8, 4) is 5.88 Å². The van der Waals surface area contributed by atoms with Crippen LogP contribution >= 0.6 is 0 Å². The molecule has 1 unspecified atom stereocenters. The molecule has 0 aromatic carbocycles. The van der Waals surface area contributed by atoms with Crippen LogP contribution in [0.4, 0.5) is 5.82 Å². The lowest BCUT2D eigenvalue weighted by molar-refractivity contribution is 0.0627. The molecule has 1 aromatic heterocycles. The van der Waals surface area contributed by atoms with Crippen molar-refractivity contribution >= 4 is 5.82 Å². The van der Waals surface area contributed by atoms with Gasteiger partial charge in [-0.2, -0.15) is 4.98 Å². The Bertz CT molecular complexity index is 456. The first-order valence-corrected chi connectivity index (χ1v) is 7.66. The molecule has 5 nitrogen and oxygen atoms in total. The van der Waals surface area contributed by atoms with Gasteiger partial charge in [0, 0.05) is 18.6 Å². The van der Waals surface area contributed by atoms with E-state index < -0.39 is 0 Å². The van der Waals surface area contributed by atoms with Crippen LogP contribution in [0.5, 0.6) is 5.88 Å². The van der Waals surface area contributed by atoms with Gasteiger partial charge in [-0.25, -0.2) is 4.98 Å². The van der Waals surface area contributed by atoms with Crippen LogP contribution in [-0.2, 0) is 10.2 Å². The summed E-state index contributed by atoms with van der Waals surface area (Å²) in [4.78, 5) is 9.24. The summed E-state index contributed by atoms with van der Waals surface area (Å²) in [5.41, 5.74) is 0.812. The topological polar surface area (TPSA) is 56.3 Å². The molecule has 1 N–H and O–H groups in total. The second-order valence-corrected chi connectivity index (χ2v) is 6.19. The summed E-state index contributed by atoms with van der Waals surface area (Å²) in [5.74, 6) is 2.26. The van der Waals surface area contributed by atoms with Crippen molar-refractivity contribution in [1.29, 1.82) is 0 Å². The van der Waals surface area contributed by atoms with Gasteiger partial charge in [-0.15, -0.1) is 0 Å². The summed E-state index contributed by atoms with van der Waals surface area (Å²) in [7, 11) is 0. The highest BCUT2D eigenvalue weighted by Gasteiger charge is 2.22. The fraction of sp³-hybridized carbons (Fsp3) is 0.750. The molecule has 0 aliphatic heterocycles. The Morgan fingerprint density at radius 1 is 1.19 bits per heavy atom. The normalized spacial score (nSPS) is 13.1. The molecule has 1 atom stereocenters. The van der Waals surface area contributed by atoms with E-state index in [0.717, 1.165) is 23.8 Å². The zero-order valence-corrected chi connectivity index (χ0v) is 14.4. The molecule has 0 aliphatic rings. The van der Waals surface area contributed by atoms with E-state index in [1.807, 2.05) is 20.8 Å². The van der Waals surface area contributed by atoms with Gasteiger partial charge in [0.1, 0.15) is 17.7 Å². The molecular formula is C16H29N3O2. The lowest BCUT2D eigenvalue weighted by Crippen LogP contribution is -2.23. The molecule has 0 saturated heterocycles. The van der Waals surface area contributed by atoms with Crippen molar-refractivity contribution in [3.05, 3.63) is 11.4 Å². The molecule has 21 heavy (non-hydrogen) atoms. The summed E-state index contributed by atoms with van der Waals surface area (Å²) >= 11 is 0. The smallest absolute Gasteiger partial charge is 0.222 e. The van der Waals surface area contributed by atoms with Gasteiger partial charge < -0.3 is 14.8 Å². The number of nitrogens with one attached hydrogen (secondary N) is 1. The van der Waals surface area contributed by atoms with E-state index in [1.54, 1.807) is 0 Å². The van der Waals surface area contributed by atoms with Crippen molar-refractivity contribution in [2.75, 3.05) is 25.1 Å². The maximum absolute atomic E-state index is 5.95. The first kappa shape index (κ1) is 17.7. The van der Waals surface area contributed by atoms with Crippen molar-refractivity contribution < 1.29 is 9.47 Å². The third-order valence-corrected chi connectivity index (χ3v) is 2.99. The number of ether oxygens (including phenoxy) is 2. The summed E-state index contributed by atoms with van der Waals surface area (Å²) in [6, 6.07) is 0.